The number of nitrogens with zero attached hydrogens (tertiary/aromatic N) is 3. The Balaban J connectivity index is 1.98. The molecule has 1 amide bonds. The van der Waals surface area contributed by atoms with Crippen molar-refractivity contribution in [1.82, 2.24) is 10.3 Å². The van der Waals surface area contributed by atoms with Crippen molar-refractivity contribution in [3.63, 3.8) is 0 Å². The van der Waals surface area contributed by atoms with Crippen LogP contribution in [-0.4, -0.2) is 28.0 Å². The number of hydrogen-bond acceptors (Lipinski definition) is 5. The van der Waals surface area contributed by atoms with E-state index >= 15 is 0 Å². The second kappa shape index (κ2) is 4.70. The molecule has 0 aromatic carbocycles. The van der Waals surface area contributed by atoms with Crippen LogP contribution in [0.25, 0.3) is 0 Å². The summed E-state index contributed by atoms with van der Waals surface area (Å²) in [5.41, 5.74) is 0.733. The van der Waals surface area contributed by atoms with Crippen LogP contribution in [0.15, 0.2) is 34.6 Å². The van der Waals surface area contributed by atoms with Gasteiger partial charge in [0, 0.05) is 6.20 Å². The van der Waals surface area contributed by atoms with Crippen molar-refractivity contribution < 1.29 is 4.79 Å². The third-order valence-corrected chi connectivity index (χ3v) is 2.48. The number of carbonyl (C=O) groups is 1. The van der Waals surface area contributed by atoms with E-state index in [0.717, 1.165) is 5.69 Å². The molecule has 0 spiro atoms. The summed E-state index contributed by atoms with van der Waals surface area (Å²) >= 11 is 1.34. The van der Waals surface area contributed by atoms with Crippen LogP contribution in [0, 0.1) is 0 Å². The lowest BCUT2D eigenvalue weighted by atomic mass is 10.4. The summed E-state index contributed by atoms with van der Waals surface area (Å²) < 4.78 is 0. The Hall–Kier alpha value is -1.69. The Bertz CT molecular complexity index is 415. The van der Waals surface area contributed by atoms with Crippen molar-refractivity contribution in [2.75, 3.05) is 5.75 Å². The zero-order chi connectivity index (χ0) is 10.5. The minimum absolute atomic E-state index is 0.0354. The highest BCUT2D eigenvalue weighted by Gasteiger charge is 2.15. The summed E-state index contributed by atoms with van der Waals surface area (Å²) in [6.07, 6.45) is 3.22. The Morgan fingerprint density at radius 2 is 2.47 bits per heavy atom. The van der Waals surface area contributed by atoms with Crippen LogP contribution in [0.2, 0.25) is 0 Å². The fourth-order valence-corrected chi connectivity index (χ4v) is 1.60. The van der Waals surface area contributed by atoms with Crippen molar-refractivity contribution in [2.45, 2.75) is 0 Å². The third-order valence-electron chi connectivity index (χ3n) is 1.61. The zero-order valence-electron chi connectivity index (χ0n) is 7.75. The van der Waals surface area contributed by atoms with Crippen LogP contribution >= 0.6 is 11.8 Å². The van der Waals surface area contributed by atoms with E-state index in [1.54, 1.807) is 6.20 Å². The van der Waals surface area contributed by atoms with Crippen molar-refractivity contribution in [3.05, 3.63) is 30.1 Å². The topological polar surface area (TPSA) is 66.7 Å². The summed E-state index contributed by atoms with van der Waals surface area (Å²) in [6.45, 7) is 0. The predicted molar refractivity (Wildman–Crippen MR) is 59.9 cm³/mol. The SMILES string of the molecule is O=C1CS/C(=N\N=C/c2ccccn2)N1. The van der Waals surface area contributed by atoms with Gasteiger partial charge in [-0.05, 0) is 12.1 Å². The number of amidine groups is 1. The lowest BCUT2D eigenvalue weighted by Crippen LogP contribution is -2.19. The molecule has 76 valence electrons. The highest BCUT2D eigenvalue weighted by atomic mass is 32.2. The monoisotopic (exact) mass is 220 g/mol. The normalized spacial score (nSPS) is 18.7. The molecule has 1 aromatic heterocycles. The number of carbonyl (C=O) groups excluding carboxylic acids is 1. The molecule has 1 saturated heterocycles. The summed E-state index contributed by atoms with van der Waals surface area (Å²) in [4.78, 5) is 14.9. The second-order valence-corrected chi connectivity index (χ2v) is 3.71. The van der Waals surface area contributed by atoms with Gasteiger partial charge in [0.05, 0.1) is 17.7 Å². The van der Waals surface area contributed by atoms with Crippen molar-refractivity contribution >= 4 is 29.1 Å². The fraction of sp³-hybridized carbons (Fsp3) is 0.111. The number of pyridine rings is 1. The van der Waals surface area contributed by atoms with Gasteiger partial charge in [-0.1, -0.05) is 17.8 Å². The van der Waals surface area contributed by atoms with Crippen molar-refractivity contribution in [2.24, 2.45) is 10.2 Å². The molecule has 1 aliphatic rings. The lowest BCUT2D eigenvalue weighted by molar-refractivity contribution is -0.116. The maximum absolute atomic E-state index is 10.8. The summed E-state index contributed by atoms with van der Waals surface area (Å²) in [7, 11) is 0. The Morgan fingerprint density at radius 3 is 3.13 bits per heavy atom. The van der Waals surface area contributed by atoms with Gasteiger partial charge in [0.15, 0.2) is 5.17 Å². The van der Waals surface area contributed by atoms with Crippen molar-refractivity contribution in [1.29, 1.82) is 0 Å². The van der Waals surface area contributed by atoms with Crippen LogP contribution in [-0.2, 0) is 4.79 Å². The quantitative estimate of drug-likeness (QED) is 0.587. The van der Waals surface area contributed by atoms with E-state index in [-0.39, 0.29) is 5.91 Å². The minimum atomic E-state index is -0.0354. The molecule has 1 N–H and O–H groups in total. The summed E-state index contributed by atoms with van der Waals surface area (Å²) in [5.74, 6) is 0.379. The molecule has 1 aliphatic heterocycles. The Morgan fingerprint density at radius 1 is 1.53 bits per heavy atom. The number of aromatic nitrogens is 1. The molecule has 2 heterocycles. The van der Waals surface area contributed by atoms with Gasteiger partial charge in [-0.2, -0.15) is 5.10 Å². The Kier molecular flexibility index (Phi) is 3.08. The maximum atomic E-state index is 10.8. The molecule has 2 rings (SSSR count). The highest BCUT2D eigenvalue weighted by Crippen LogP contribution is 2.08. The zero-order valence-corrected chi connectivity index (χ0v) is 8.57. The predicted octanol–water partition coefficient (Wildman–Crippen LogP) is 0.635. The Labute approximate surface area is 90.7 Å². The van der Waals surface area contributed by atoms with E-state index in [1.807, 2.05) is 18.2 Å². The van der Waals surface area contributed by atoms with Gasteiger partial charge in [-0.25, -0.2) is 0 Å². The molecule has 0 radical (unpaired) electrons. The molecular formula is C9H8N4OS. The largest absolute Gasteiger partial charge is 0.303 e. The smallest absolute Gasteiger partial charge is 0.236 e. The van der Waals surface area contributed by atoms with Crippen LogP contribution in [0.4, 0.5) is 0 Å². The first-order chi connectivity index (χ1) is 7.34. The van der Waals surface area contributed by atoms with Gasteiger partial charge < -0.3 is 5.32 Å². The van der Waals surface area contributed by atoms with Crippen LogP contribution < -0.4 is 5.32 Å². The van der Waals surface area contributed by atoms with E-state index in [4.69, 9.17) is 0 Å². The van der Waals surface area contributed by atoms with Gasteiger partial charge in [0.2, 0.25) is 5.91 Å². The first kappa shape index (κ1) is 9.85. The van der Waals surface area contributed by atoms with Crippen LogP contribution in [0.3, 0.4) is 0 Å². The lowest BCUT2D eigenvalue weighted by Gasteiger charge is -1.90. The second-order valence-electron chi connectivity index (χ2n) is 2.74. The summed E-state index contributed by atoms with van der Waals surface area (Å²) in [6, 6.07) is 5.52. The number of amides is 1. The van der Waals surface area contributed by atoms with Gasteiger partial charge >= 0.3 is 0 Å². The van der Waals surface area contributed by atoms with Crippen LogP contribution in [0.5, 0.6) is 0 Å². The number of rotatable bonds is 2. The highest BCUT2D eigenvalue weighted by molar-refractivity contribution is 8.15. The summed E-state index contributed by atoms with van der Waals surface area (Å²) in [5, 5.41) is 10.8. The number of thioether (sulfide) groups is 1. The standard InChI is InChI=1S/C9H8N4OS/c14-8-6-15-9(12-8)13-11-5-7-3-1-2-4-10-7/h1-5H,6H2,(H,12,13,14)/b11-5-. The van der Waals surface area contributed by atoms with Gasteiger partial charge in [0.1, 0.15) is 0 Å². The molecule has 0 aliphatic carbocycles. The number of hydrogen-bond donors (Lipinski definition) is 1. The minimum Gasteiger partial charge on any atom is -0.303 e. The number of nitrogens with one attached hydrogen (secondary N) is 1. The molecule has 15 heavy (non-hydrogen) atoms. The van der Waals surface area contributed by atoms with E-state index in [0.29, 0.717) is 10.9 Å². The molecule has 0 bridgehead atoms. The first-order valence-electron chi connectivity index (χ1n) is 4.29. The molecule has 6 heteroatoms. The fourth-order valence-electron chi connectivity index (χ4n) is 0.972. The molecule has 1 fully saturated rings. The molecule has 1 aromatic rings. The molecular weight excluding hydrogens is 212 g/mol. The molecule has 0 unspecified atom stereocenters. The van der Waals surface area contributed by atoms with E-state index in [2.05, 4.69) is 20.5 Å². The van der Waals surface area contributed by atoms with E-state index in [9.17, 15) is 4.79 Å². The molecule has 0 atom stereocenters. The maximum Gasteiger partial charge on any atom is 0.236 e. The molecule has 0 saturated carbocycles. The van der Waals surface area contributed by atoms with Gasteiger partial charge in [-0.15, -0.1) is 5.10 Å². The molecule has 5 nitrogen and oxygen atoms in total. The average Bonchev–Trinajstić information content (AvgIpc) is 2.66. The third kappa shape index (κ3) is 2.88. The van der Waals surface area contributed by atoms with E-state index in [1.165, 1.54) is 18.0 Å². The van der Waals surface area contributed by atoms with Gasteiger partial charge in [0.25, 0.3) is 0 Å². The van der Waals surface area contributed by atoms with E-state index < -0.39 is 0 Å². The average molecular weight is 220 g/mol. The first-order valence-corrected chi connectivity index (χ1v) is 5.28. The van der Waals surface area contributed by atoms with Gasteiger partial charge in [-0.3, -0.25) is 9.78 Å². The van der Waals surface area contributed by atoms with Crippen LogP contribution in [0.1, 0.15) is 5.69 Å². The van der Waals surface area contributed by atoms with Crippen molar-refractivity contribution in [3.8, 4) is 0 Å².